The van der Waals surface area contributed by atoms with Crippen LogP contribution in [0.3, 0.4) is 0 Å². The van der Waals surface area contributed by atoms with Gasteiger partial charge in [0.15, 0.2) is 0 Å². The summed E-state index contributed by atoms with van der Waals surface area (Å²) in [7, 11) is 0. The summed E-state index contributed by atoms with van der Waals surface area (Å²) in [6.45, 7) is 2.05. The maximum absolute atomic E-state index is 12.5. The van der Waals surface area contributed by atoms with Crippen molar-refractivity contribution in [3.8, 4) is 0 Å². The van der Waals surface area contributed by atoms with Gasteiger partial charge >= 0.3 is 6.18 Å². The molecule has 0 spiro atoms. The predicted octanol–water partition coefficient (Wildman–Crippen LogP) is 1.05. The van der Waals surface area contributed by atoms with E-state index < -0.39 is 11.9 Å². The van der Waals surface area contributed by atoms with Crippen LogP contribution in [0.15, 0.2) is 12.3 Å². The van der Waals surface area contributed by atoms with E-state index in [4.69, 9.17) is 0 Å². The van der Waals surface area contributed by atoms with Gasteiger partial charge in [-0.2, -0.15) is 13.2 Å². The number of amides is 1. The van der Waals surface area contributed by atoms with Crippen LogP contribution >= 0.6 is 12.4 Å². The van der Waals surface area contributed by atoms with Crippen LogP contribution in [-0.2, 0) is 11.0 Å². The van der Waals surface area contributed by atoms with Crippen molar-refractivity contribution >= 4 is 24.3 Å². The molecule has 10 heteroatoms. The monoisotopic (exact) mass is 339 g/mol. The van der Waals surface area contributed by atoms with Gasteiger partial charge in [-0.05, 0) is 19.0 Å². The van der Waals surface area contributed by atoms with E-state index >= 15 is 0 Å². The Hall–Kier alpha value is -1.61. The highest BCUT2D eigenvalue weighted by atomic mass is 35.5. The van der Waals surface area contributed by atoms with Gasteiger partial charge in [0, 0.05) is 25.8 Å². The summed E-state index contributed by atoms with van der Waals surface area (Å²) < 4.78 is 37.4. The Morgan fingerprint density at radius 2 is 2.18 bits per heavy atom. The molecule has 6 nitrogen and oxygen atoms in total. The summed E-state index contributed by atoms with van der Waals surface area (Å²) in [4.78, 5) is 18.8. The van der Waals surface area contributed by atoms with Crippen molar-refractivity contribution in [2.24, 2.45) is 5.92 Å². The van der Waals surface area contributed by atoms with Crippen LogP contribution in [0.2, 0.25) is 0 Å². The average molecular weight is 340 g/mol. The van der Waals surface area contributed by atoms with Crippen LogP contribution in [0.5, 0.6) is 0 Å². The molecule has 0 bridgehead atoms. The van der Waals surface area contributed by atoms with E-state index in [1.54, 1.807) is 0 Å². The lowest BCUT2D eigenvalue weighted by Crippen LogP contribution is -2.35. The molecular weight excluding hydrogens is 323 g/mol. The van der Waals surface area contributed by atoms with Crippen molar-refractivity contribution in [1.29, 1.82) is 0 Å². The number of halogens is 4. The van der Waals surface area contributed by atoms with Crippen LogP contribution in [-0.4, -0.2) is 42.1 Å². The van der Waals surface area contributed by atoms with Gasteiger partial charge in [-0.1, -0.05) is 0 Å². The van der Waals surface area contributed by atoms with Crippen LogP contribution in [0.25, 0.3) is 0 Å². The third-order valence-corrected chi connectivity index (χ3v) is 3.08. The molecule has 0 aromatic carbocycles. The van der Waals surface area contributed by atoms with Gasteiger partial charge in [0.1, 0.15) is 5.69 Å². The van der Waals surface area contributed by atoms with E-state index in [9.17, 15) is 18.0 Å². The molecule has 2 heterocycles. The minimum Gasteiger partial charge on any atom is -0.354 e. The molecule has 3 N–H and O–H groups in total. The third-order valence-electron chi connectivity index (χ3n) is 3.08. The zero-order valence-electron chi connectivity index (χ0n) is 11.6. The molecule has 0 aliphatic carbocycles. The molecule has 124 valence electrons. The summed E-state index contributed by atoms with van der Waals surface area (Å²) in [5, 5.41) is 8.46. The molecule has 1 amide bonds. The highest BCUT2D eigenvalue weighted by molar-refractivity contribution is 5.85. The van der Waals surface area contributed by atoms with Gasteiger partial charge < -0.3 is 16.0 Å². The number of nitrogens with zero attached hydrogens (tertiary/aromatic N) is 2. The first-order valence-electron chi connectivity index (χ1n) is 6.59. The lowest BCUT2D eigenvalue weighted by molar-refractivity contribution is -0.141. The predicted molar refractivity (Wildman–Crippen MR) is 76.8 cm³/mol. The topological polar surface area (TPSA) is 78.9 Å². The molecule has 1 aliphatic heterocycles. The fourth-order valence-electron chi connectivity index (χ4n) is 1.98. The van der Waals surface area contributed by atoms with E-state index in [0.717, 1.165) is 25.2 Å². The Bertz CT molecular complexity index is 494. The summed E-state index contributed by atoms with van der Waals surface area (Å²) in [5.74, 6) is -0.192. The smallest absolute Gasteiger partial charge is 0.354 e. The summed E-state index contributed by atoms with van der Waals surface area (Å²) in [6, 6.07) is 0.806. The molecule has 2 rings (SSSR count). The van der Waals surface area contributed by atoms with E-state index in [-0.39, 0.29) is 36.7 Å². The van der Waals surface area contributed by atoms with Crippen LogP contribution in [0.1, 0.15) is 12.1 Å². The number of nitrogens with one attached hydrogen (secondary N) is 3. The van der Waals surface area contributed by atoms with Crippen LogP contribution in [0, 0.1) is 5.92 Å². The number of hydrogen-bond donors (Lipinski definition) is 3. The van der Waals surface area contributed by atoms with E-state index in [1.807, 2.05) is 0 Å². The van der Waals surface area contributed by atoms with Crippen molar-refractivity contribution in [2.45, 2.75) is 12.6 Å². The summed E-state index contributed by atoms with van der Waals surface area (Å²) in [6.07, 6.45) is -2.65. The Morgan fingerprint density at radius 3 is 2.82 bits per heavy atom. The van der Waals surface area contributed by atoms with E-state index in [1.165, 1.54) is 0 Å². The molecule has 1 aliphatic rings. The lowest BCUT2D eigenvalue weighted by atomic mass is 10.1. The Morgan fingerprint density at radius 1 is 1.41 bits per heavy atom. The van der Waals surface area contributed by atoms with Gasteiger partial charge in [-0.25, -0.2) is 9.97 Å². The molecule has 0 saturated carbocycles. The summed E-state index contributed by atoms with van der Waals surface area (Å²) in [5.41, 5.74) is -0.999. The molecule has 22 heavy (non-hydrogen) atoms. The zero-order valence-corrected chi connectivity index (χ0v) is 12.4. The molecule has 1 saturated heterocycles. The van der Waals surface area contributed by atoms with Crippen molar-refractivity contribution < 1.29 is 18.0 Å². The second kappa shape index (κ2) is 8.14. The number of aromatic nitrogens is 2. The first kappa shape index (κ1) is 18.4. The second-order valence-corrected chi connectivity index (χ2v) is 4.67. The largest absolute Gasteiger partial charge is 0.433 e. The van der Waals surface area contributed by atoms with Crippen molar-refractivity contribution in [3.05, 3.63) is 18.0 Å². The fourth-order valence-corrected chi connectivity index (χ4v) is 1.98. The SMILES string of the molecule is Cl.O=C(NCCNc1nccc(C(F)(F)F)n1)C1CCNC1. The Kier molecular flexibility index (Phi) is 6.82. The number of anilines is 1. The van der Waals surface area contributed by atoms with Crippen molar-refractivity contribution in [1.82, 2.24) is 20.6 Å². The molecule has 1 aromatic rings. The van der Waals surface area contributed by atoms with Crippen molar-refractivity contribution in [3.63, 3.8) is 0 Å². The number of rotatable bonds is 5. The maximum Gasteiger partial charge on any atom is 0.433 e. The molecule has 1 atom stereocenters. The molecule has 1 aromatic heterocycles. The van der Waals surface area contributed by atoms with Gasteiger partial charge in [0.05, 0.1) is 5.92 Å². The number of hydrogen-bond acceptors (Lipinski definition) is 5. The van der Waals surface area contributed by atoms with Crippen LogP contribution in [0.4, 0.5) is 19.1 Å². The van der Waals surface area contributed by atoms with Gasteiger partial charge in [-0.15, -0.1) is 12.4 Å². The third kappa shape index (κ3) is 5.30. The molecule has 0 radical (unpaired) electrons. The lowest BCUT2D eigenvalue weighted by Gasteiger charge is -2.11. The number of carbonyl (C=O) groups excluding carboxylic acids is 1. The van der Waals surface area contributed by atoms with E-state index in [0.29, 0.717) is 13.1 Å². The standard InChI is InChI=1S/C12H16F3N5O.ClH/c13-12(14,15)9-2-4-18-11(20-9)19-6-5-17-10(21)8-1-3-16-7-8;/h2,4,8,16H,1,3,5-7H2,(H,17,21)(H,18,19,20);1H. The Labute approximate surface area is 131 Å². The number of alkyl halides is 3. The minimum absolute atomic E-state index is 0. The Balaban J connectivity index is 0.00000242. The average Bonchev–Trinajstić information content (AvgIpc) is 2.97. The first-order valence-corrected chi connectivity index (χ1v) is 6.59. The zero-order chi connectivity index (χ0) is 15.3. The van der Waals surface area contributed by atoms with Crippen molar-refractivity contribution in [2.75, 3.05) is 31.5 Å². The molecule has 1 unspecified atom stereocenters. The number of carbonyl (C=O) groups is 1. The fraction of sp³-hybridized carbons (Fsp3) is 0.583. The molecule has 1 fully saturated rings. The van der Waals surface area contributed by atoms with Crippen LogP contribution < -0.4 is 16.0 Å². The second-order valence-electron chi connectivity index (χ2n) is 4.67. The van der Waals surface area contributed by atoms with E-state index in [2.05, 4.69) is 25.9 Å². The normalized spacial score (nSPS) is 17.7. The molecular formula is C12H17ClF3N5O. The minimum atomic E-state index is -4.50. The van der Waals surface area contributed by atoms with Gasteiger partial charge in [0.2, 0.25) is 11.9 Å². The quantitative estimate of drug-likeness (QED) is 0.699. The maximum atomic E-state index is 12.5. The highest BCUT2D eigenvalue weighted by Gasteiger charge is 2.32. The first-order chi connectivity index (χ1) is 9.97. The van der Waals surface area contributed by atoms with Gasteiger partial charge in [-0.3, -0.25) is 4.79 Å². The van der Waals surface area contributed by atoms with Gasteiger partial charge in [0.25, 0.3) is 0 Å². The summed E-state index contributed by atoms with van der Waals surface area (Å²) >= 11 is 0. The highest BCUT2D eigenvalue weighted by Crippen LogP contribution is 2.27.